The van der Waals surface area contributed by atoms with Crippen molar-refractivity contribution in [3.63, 3.8) is 0 Å². The number of unbranched alkanes of at least 4 members (excludes halogenated alkanes) is 1. The zero-order valence-electron chi connectivity index (χ0n) is 11.4. The van der Waals surface area contributed by atoms with Crippen molar-refractivity contribution in [2.24, 2.45) is 0 Å². The summed E-state index contributed by atoms with van der Waals surface area (Å²) in [6.07, 6.45) is 2.20. The van der Waals surface area contributed by atoms with E-state index in [4.69, 9.17) is 0 Å². The van der Waals surface area contributed by atoms with Gasteiger partial charge in [-0.1, -0.05) is 19.4 Å². The van der Waals surface area contributed by atoms with E-state index in [2.05, 4.69) is 20.8 Å². The van der Waals surface area contributed by atoms with Gasteiger partial charge in [0.2, 0.25) is 0 Å². The minimum absolute atomic E-state index is 0.157. The number of amides is 1. The quantitative estimate of drug-likeness (QED) is 0.761. The Labute approximate surface area is 105 Å². The Balaban J connectivity index is 2.82. The highest BCUT2D eigenvalue weighted by Gasteiger charge is 2.13. The molecule has 1 amide bonds. The van der Waals surface area contributed by atoms with Crippen molar-refractivity contribution in [3.8, 4) is 0 Å². The average molecular weight is 233 g/mol. The van der Waals surface area contributed by atoms with Crippen molar-refractivity contribution in [3.05, 3.63) is 34.9 Å². The summed E-state index contributed by atoms with van der Waals surface area (Å²) in [7, 11) is 0. The van der Waals surface area contributed by atoms with Crippen LogP contribution in [0.15, 0.2) is 18.2 Å². The largest absolute Gasteiger partial charge is 0.339 e. The van der Waals surface area contributed by atoms with Gasteiger partial charge in [0.1, 0.15) is 0 Å². The number of benzene rings is 1. The first-order chi connectivity index (χ1) is 8.10. The Hall–Kier alpha value is -1.31. The lowest BCUT2D eigenvalue weighted by Gasteiger charge is -2.21. The smallest absolute Gasteiger partial charge is 0.253 e. The first-order valence-electron chi connectivity index (χ1n) is 6.46. The molecular weight excluding hydrogens is 210 g/mol. The van der Waals surface area contributed by atoms with Crippen molar-refractivity contribution in [1.82, 2.24) is 4.90 Å². The molecule has 0 aliphatic heterocycles. The van der Waals surface area contributed by atoms with E-state index in [0.29, 0.717) is 0 Å². The third kappa shape index (κ3) is 3.58. The summed E-state index contributed by atoms with van der Waals surface area (Å²) in [6.45, 7) is 9.94. The molecule has 17 heavy (non-hydrogen) atoms. The first kappa shape index (κ1) is 13.8. The van der Waals surface area contributed by atoms with Crippen LogP contribution in [0.3, 0.4) is 0 Å². The van der Waals surface area contributed by atoms with E-state index in [-0.39, 0.29) is 5.91 Å². The molecule has 0 unspecified atom stereocenters. The van der Waals surface area contributed by atoms with Crippen molar-refractivity contribution >= 4 is 5.91 Å². The van der Waals surface area contributed by atoms with Gasteiger partial charge in [-0.25, -0.2) is 0 Å². The fourth-order valence-electron chi connectivity index (χ4n) is 1.81. The number of rotatable bonds is 5. The first-order valence-corrected chi connectivity index (χ1v) is 6.46. The molecule has 2 heteroatoms. The lowest BCUT2D eigenvalue weighted by molar-refractivity contribution is 0.0762. The Kier molecular flexibility index (Phi) is 5.20. The molecule has 1 aromatic carbocycles. The Bertz CT molecular complexity index is 385. The second-order valence-electron chi connectivity index (χ2n) is 4.54. The SMILES string of the molecule is CCCCN(CC)C(=O)c1ccc(C)c(C)c1. The number of carbonyl (C=O) groups is 1. The van der Waals surface area contributed by atoms with Crippen molar-refractivity contribution in [2.75, 3.05) is 13.1 Å². The van der Waals surface area contributed by atoms with Crippen LogP contribution in [0.5, 0.6) is 0 Å². The molecule has 0 bridgehead atoms. The third-order valence-electron chi connectivity index (χ3n) is 3.20. The molecule has 0 spiro atoms. The van der Waals surface area contributed by atoms with Gasteiger partial charge in [0.05, 0.1) is 0 Å². The van der Waals surface area contributed by atoms with E-state index in [1.54, 1.807) is 0 Å². The van der Waals surface area contributed by atoms with Crippen LogP contribution in [0, 0.1) is 13.8 Å². The van der Waals surface area contributed by atoms with Gasteiger partial charge in [-0.3, -0.25) is 4.79 Å². The third-order valence-corrected chi connectivity index (χ3v) is 3.20. The highest BCUT2D eigenvalue weighted by Crippen LogP contribution is 2.12. The summed E-state index contributed by atoms with van der Waals surface area (Å²) in [5.41, 5.74) is 3.23. The predicted molar refractivity (Wildman–Crippen MR) is 72.4 cm³/mol. The van der Waals surface area contributed by atoms with Gasteiger partial charge < -0.3 is 4.90 Å². The Morgan fingerprint density at radius 2 is 1.88 bits per heavy atom. The van der Waals surface area contributed by atoms with Crippen molar-refractivity contribution in [1.29, 1.82) is 0 Å². The second-order valence-corrected chi connectivity index (χ2v) is 4.54. The van der Waals surface area contributed by atoms with Gasteiger partial charge in [-0.05, 0) is 50.5 Å². The number of nitrogens with zero attached hydrogens (tertiary/aromatic N) is 1. The predicted octanol–water partition coefficient (Wildman–Crippen LogP) is 3.57. The monoisotopic (exact) mass is 233 g/mol. The van der Waals surface area contributed by atoms with E-state index in [1.165, 1.54) is 11.1 Å². The number of carbonyl (C=O) groups excluding carboxylic acids is 1. The maximum absolute atomic E-state index is 12.3. The summed E-state index contributed by atoms with van der Waals surface area (Å²) in [5, 5.41) is 0. The summed E-state index contributed by atoms with van der Waals surface area (Å²) < 4.78 is 0. The molecule has 0 heterocycles. The molecule has 0 aromatic heterocycles. The molecule has 2 nitrogen and oxygen atoms in total. The minimum Gasteiger partial charge on any atom is -0.339 e. The van der Waals surface area contributed by atoms with Crippen LogP contribution in [-0.4, -0.2) is 23.9 Å². The lowest BCUT2D eigenvalue weighted by Crippen LogP contribution is -2.31. The van der Waals surface area contributed by atoms with E-state index >= 15 is 0 Å². The van der Waals surface area contributed by atoms with Crippen LogP contribution in [0.4, 0.5) is 0 Å². The molecule has 1 rings (SSSR count). The van der Waals surface area contributed by atoms with Crippen molar-refractivity contribution in [2.45, 2.75) is 40.5 Å². The maximum atomic E-state index is 12.3. The van der Waals surface area contributed by atoms with Crippen LogP contribution in [0.2, 0.25) is 0 Å². The fourth-order valence-corrected chi connectivity index (χ4v) is 1.81. The molecule has 94 valence electrons. The summed E-state index contributed by atoms with van der Waals surface area (Å²) >= 11 is 0. The van der Waals surface area contributed by atoms with Crippen LogP contribution in [-0.2, 0) is 0 Å². The van der Waals surface area contributed by atoms with Gasteiger partial charge in [-0.15, -0.1) is 0 Å². The summed E-state index contributed by atoms with van der Waals surface area (Å²) in [6, 6.07) is 5.95. The minimum atomic E-state index is 0.157. The molecular formula is C15H23NO. The maximum Gasteiger partial charge on any atom is 0.253 e. The van der Waals surface area contributed by atoms with Crippen LogP contribution in [0.25, 0.3) is 0 Å². The normalized spacial score (nSPS) is 10.4. The zero-order chi connectivity index (χ0) is 12.8. The van der Waals surface area contributed by atoms with E-state index in [0.717, 1.165) is 31.5 Å². The van der Waals surface area contributed by atoms with E-state index in [9.17, 15) is 4.79 Å². The molecule has 0 fully saturated rings. The molecule has 1 aromatic rings. The van der Waals surface area contributed by atoms with Crippen LogP contribution >= 0.6 is 0 Å². The summed E-state index contributed by atoms with van der Waals surface area (Å²) in [4.78, 5) is 14.2. The summed E-state index contributed by atoms with van der Waals surface area (Å²) in [5.74, 6) is 0.157. The number of aryl methyl sites for hydroxylation is 2. The molecule has 0 N–H and O–H groups in total. The number of hydrogen-bond acceptors (Lipinski definition) is 1. The second kappa shape index (κ2) is 6.43. The molecule has 0 saturated heterocycles. The van der Waals surface area contributed by atoms with Crippen molar-refractivity contribution < 1.29 is 4.79 Å². The zero-order valence-corrected chi connectivity index (χ0v) is 11.4. The number of hydrogen-bond donors (Lipinski definition) is 0. The lowest BCUT2D eigenvalue weighted by atomic mass is 10.1. The standard InChI is InChI=1S/C15H23NO/c1-5-7-10-16(6-2)15(17)14-9-8-12(3)13(4)11-14/h8-9,11H,5-7,10H2,1-4H3. The van der Waals surface area contributed by atoms with E-state index < -0.39 is 0 Å². The average Bonchev–Trinajstić information content (AvgIpc) is 2.33. The van der Waals surface area contributed by atoms with Gasteiger partial charge in [0, 0.05) is 18.7 Å². The van der Waals surface area contributed by atoms with Gasteiger partial charge >= 0.3 is 0 Å². The van der Waals surface area contributed by atoms with E-state index in [1.807, 2.05) is 30.0 Å². The van der Waals surface area contributed by atoms with Gasteiger partial charge in [0.25, 0.3) is 5.91 Å². The molecule has 0 atom stereocenters. The highest BCUT2D eigenvalue weighted by molar-refractivity contribution is 5.94. The van der Waals surface area contributed by atoms with Gasteiger partial charge in [-0.2, -0.15) is 0 Å². The highest BCUT2D eigenvalue weighted by atomic mass is 16.2. The molecule has 0 aliphatic carbocycles. The molecule has 0 radical (unpaired) electrons. The van der Waals surface area contributed by atoms with Crippen LogP contribution in [0.1, 0.15) is 48.2 Å². The Morgan fingerprint density at radius 1 is 1.18 bits per heavy atom. The Morgan fingerprint density at radius 3 is 2.41 bits per heavy atom. The topological polar surface area (TPSA) is 20.3 Å². The molecule has 0 saturated carbocycles. The van der Waals surface area contributed by atoms with Gasteiger partial charge in [0.15, 0.2) is 0 Å². The molecule has 0 aliphatic rings. The fraction of sp³-hybridized carbons (Fsp3) is 0.533. The van der Waals surface area contributed by atoms with Crippen LogP contribution < -0.4 is 0 Å².